The molecule has 1 fully saturated rings. The summed E-state index contributed by atoms with van der Waals surface area (Å²) in [4.78, 5) is 13.3. The van der Waals surface area contributed by atoms with Crippen molar-refractivity contribution < 1.29 is 4.79 Å². The predicted octanol–water partition coefficient (Wildman–Crippen LogP) is 2.43. The van der Waals surface area contributed by atoms with E-state index in [2.05, 4.69) is 32.2 Å². The van der Waals surface area contributed by atoms with E-state index in [0.717, 1.165) is 36.1 Å². The van der Waals surface area contributed by atoms with E-state index in [-0.39, 0.29) is 11.9 Å². The summed E-state index contributed by atoms with van der Waals surface area (Å²) in [6.45, 7) is 3.35. The first-order valence-electron chi connectivity index (χ1n) is 6.31. The van der Waals surface area contributed by atoms with Crippen LogP contribution in [0.15, 0.2) is 22.7 Å². The number of carbonyl (C=O) groups is 1. The van der Waals surface area contributed by atoms with Gasteiger partial charge in [0, 0.05) is 36.2 Å². The van der Waals surface area contributed by atoms with Gasteiger partial charge in [-0.25, -0.2) is 0 Å². The number of hydrogen-bond acceptors (Lipinski definition) is 3. The molecule has 1 N–H and O–H groups in total. The minimum absolute atomic E-state index is 0.0349. The highest BCUT2D eigenvalue weighted by Crippen LogP contribution is 2.25. The first kappa shape index (κ1) is 13.9. The third-order valence-corrected chi connectivity index (χ3v) is 3.74. The largest absolute Gasteiger partial charge is 0.371 e. The van der Waals surface area contributed by atoms with E-state index in [1.165, 1.54) is 0 Å². The minimum Gasteiger partial charge on any atom is -0.371 e. The van der Waals surface area contributed by atoms with Crippen LogP contribution in [0.4, 0.5) is 5.69 Å². The zero-order chi connectivity index (χ0) is 13.8. The van der Waals surface area contributed by atoms with E-state index < -0.39 is 0 Å². The van der Waals surface area contributed by atoms with Gasteiger partial charge in [-0.15, -0.1) is 0 Å². The van der Waals surface area contributed by atoms with Gasteiger partial charge in [0.25, 0.3) is 0 Å². The highest BCUT2D eigenvalue weighted by molar-refractivity contribution is 9.10. The van der Waals surface area contributed by atoms with Crippen molar-refractivity contribution in [2.24, 2.45) is 0 Å². The van der Waals surface area contributed by atoms with Crippen molar-refractivity contribution in [3.8, 4) is 6.07 Å². The number of halogens is 1. The number of rotatable bonds is 2. The molecule has 0 unspecified atom stereocenters. The van der Waals surface area contributed by atoms with Gasteiger partial charge >= 0.3 is 0 Å². The van der Waals surface area contributed by atoms with Gasteiger partial charge in [-0.2, -0.15) is 5.26 Å². The zero-order valence-corrected chi connectivity index (χ0v) is 12.4. The van der Waals surface area contributed by atoms with Crippen molar-refractivity contribution in [3.63, 3.8) is 0 Å². The van der Waals surface area contributed by atoms with Crippen molar-refractivity contribution in [2.45, 2.75) is 25.8 Å². The van der Waals surface area contributed by atoms with Gasteiger partial charge in [-0.1, -0.05) is 15.9 Å². The summed E-state index contributed by atoms with van der Waals surface area (Å²) in [5.41, 5.74) is 1.72. The molecule has 19 heavy (non-hydrogen) atoms. The van der Waals surface area contributed by atoms with Crippen LogP contribution in [0.3, 0.4) is 0 Å². The molecule has 1 heterocycles. The van der Waals surface area contributed by atoms with Crippen LogP contribution in [0.5, 0.6) is 0 Å². The summed E-state index contributed by atoms with van der Waals surface area (Å²) in [6, 6.07) is 8.19. The number of nitriles is 1. The lowest BCUT2D eigenvalue weighted by Crippen LogP contribution is -2.44. The number of nitrogens with one attached hydrogen (secondary N) is 1. The second-order valence-electron chi connectivity index (χ2n) is 4.77. The van der Waals surface area contributed by atoms with Gasteiger partial charge in [0.1, 0.15) is 0 Å². The molecular weight excluding hydrogens is 306 g/mol. The van der Waals surface area contributed by atoms with Gasteiger partial charge in [0.2, 0.25) is 5.91 Å². The van der Waals surface area contributed by atoms with Crippen molar-refractivity contribution in [3.05, 3.63) is 28.2 Å². The summed E-state index contributed by atoms with van der Waals surface area (Å²) in [5.74, 6) is 0.0349. The smallest absolute Gasteiger partial charge is 0.217 e. The second kappa shape index (κ2) is 6.07. The number of amides is 1. The van der Waals surface area contributed by atoms with Crippen LogP contribution in [0.2, 0.25) is 0 Å². The number of carbonyl (C=O) groups excluding carboxylic acids is 1. The number of nitrogens with zero attached hydrogens (tertiary/aromatic N) is 2. The molecule has 1 saturated heterocycles. The predicted molar refractivity (Wildman–Crippen MR) is 77.9 cm³/mol. The molecule has 100 valence electrons. The molecule has 0 radical (unpaired) electrons. The number of hydrogen-bond donors (Lipinski definition) is 1. The van der Waals surface area contributed by atoms with Crippen LogP contribution in [0, 0.1) is 11.3 Å². The van der Waals surface area contributed by atoms with E-state index in [0.29, 0.717) is 5.56 Å². The molecule has 0 saturated carbocycles. The maximum absolute atomic E-state index is 11.0. The first-order valence-corrected chi connectivity index (χ1v) is 7.10. The van der Waals surface area contributed by atoms with Crippen LogP contribution in [-0.2, 0) is 4.79 Å². The Morgan fingerprint density at radius 2 is 2.11 bits per heavy atom. The Bertz CT molecular complexity index is 516. The molecule has 0 aliphatic carbocycles. The molecule has 0 aromatic heterocycles. The topological polar surface area (TPSA) is 56.1 Å². The molecule has 1 aliphatic heterocycles. The minimum atomic E-state index is 0.0349. The Balaban J connectivity index is 2.03. The third kappa shape index (κ3) is 3.71. The van der Waals surface area contributed by atoms with Gasteiger partial charge in [-0.3, -0.25) is 4.79 Å². The molecule has 0 spiro atoms. The second-order valence-corrected chi connectivity index (χ2v) is 5.69. The Kier molecular flexibility index (Phi) is 4.43. The average molecular weight is 322 g/mol. The quantitative estimate of drug-likeness (QED) is 0.910. The first-order chi connectivity index (χ1) is 9.08. The normalized spacial score (nSPS) is 15.9. The molecule has 1 aromatic carbocycles. The standard InChI is InChI=1S/C14H16BrN3O/c1-10(19)17-13-2-4-18(5-3-13)14-7-11(9-16)6-12(15)8-14/h6-8,13H,2-5H2,1H3,(H,17,19). The summed E-state index contributed by atoms with van der Waals surface area (Å²) >= 11 is 3.43. The van der Waals surface area contributed by atoms with Crippen LogP contribution < -0.4 is 10.2 Å². The lowest BCUT2D eigenvalue weighted by atomic mass is 10.0. The van der Waals surface area contributed by atoms with Gasteiger partial charge in [0.05, 0.1) is 11.6 Å². The summed E-state index contributed by atoms with van der Waals surface area (Å²) < 4.78 is 0.922. The summed E-state index contributed by atoms with van der Waals surface area (Å²) in [7, 11) is 0. The Labute approximate surface area is 121 Å². The fourth-order valence-electron chi connectivity index (χ4n) is 2.39. The molecule has 1 aromatic rings. The van der Waals surface area contributed by atoms with Crippen molar-refractivity contribution in [1.29, 1.82) is 5.26 Å². The van der Waals surface area contributed by atoms with Crippen LogP contribution in [0.25, 0.3) is 0 Å². The van der Waals surface area contributed by atoms with Crippen LogP contribution >= 0.6 is 15.9 Å². The number of benzene rings is 1. The maximum atomic E-state index is 11.0. The van der Waals surface area contributed by atoms with E-state index in [9.17, 15) is 4.79 Å². The molecule has 1 aliphatic rings. The van der Waals surface area contributed by atoms with Gasteiger partial charge < -0.3 is 10.2 Å². The monoisotopic (exact) mass is 321 g/mol. The molecular formula is C14H16BrN3O. The van der Waals surface area contributed by atoms with Crippen molar-refractivity contribution in [1.82, 2.24) is 5.32 Å². The molecule has 5 heteroatoms. The van der Waals surface area contributed by atoms with Crippen molar-refractivity contribution >= 4 is 27.5 Å². The highest BCUT2D eigenvalue weighted by Gasteiger charge is 2.20. The zero-order valence-electron chi connectivity index (χ0n) is 10.8. The molecule has 4 nitrogen and oxygen atoms in total. The van der Waals surface area contributed by atoms with Crippen LogP contribution in [-0.4, -0.2) is 25.0 Å². The third-order valence-electron chi connectivity index (χ3n) is 3.28. The number of piperidine rings is 1. The summed E-state index contributed by atoms with van der Waals surface area (Å²) in [5, 5.41) is 11.9. The lowest BCUT2D eigenvalue weighted by molar-refractivity contribution is -0.119. The molecule has 1 amide bonds. The van der Waals surface area contributed by atoms with Gasteiger partial charge in [0.15, 0.2) is 0 Å². The summed E-state index contributed by atoms with van der Waals surface area (Å²) in [6.07, 6.45) is 1.88. The fraction of sp³-hybridized carbons (Fsp3) is 0.429. The maximum Gasteiger partial charge on any atom is 0.217 e. The molecule has 2 rings (SSSR count). The Morgan fingerprint density at radius 3 is 2.68 bits per heavy atom. The fourth-order valence-corrected chi connectivity index (χ4v) is 2.87. The van der Waals surface area contributed by atoms with Crippen molar-refractivity contribution in [2.75, 3.05) is 18.0 Å². The Morgan fingerprint density at radius 1 is 1.42 bits per heavy atom. The van der Waals surface area contributed by atoms with Crippen LogP contribution in [0.1, 0.15) is 25.3 Å². The highest BCUT2D eigenvalue weighted by atomic mass is 79.9. The molecule has 0 bridgehead atoms. The lowest BCUT2D eigenvalue weighted by Gasteiger charge is -2.34. The van der Waals surface area contributed by atoms with E-state index in [1.54, 1.807) is 6.92 Å². The Hall–Kier alpha value is -1.54. The molecule has 0 atom stereocenters. The van der Waals surface area contributed by atoms with E-state index >= 15 is 0 Å². The average Bonchev–Trinajstić information content (AvgIpc) is 2.38. The van der Waals surface area contributed by atoms with E-state index in [4.69, 9.17) is 5.26 Å². The van der Waals surface area contributed by atoms with E-state index in [1.807, 2.05) is 18.2 Å². The van der Waals surface area contributed by atoms with Gasteiger partial charge in [-0.05, 0) is 31.0 Å². The SMILES string of the molecule is CC(=O)NC1CCN(c2cc(Br)cc(C#N)c2)CC1. The number of anilines is 1.